The van der Waals surface area contributed by atoms with Crippen LogP contribution in [-0.2, 0) is 0 Å². The summed E-state index contributed by atoms with van der Waals surface area (Å²) in [4.78, 5) is 14.9. The van der Waals surface area contributed by atoms with Crippen LogP contribution >= 0.6 is 12.4 Å². The van der Waals surface area contributed by atoms with Gasteiger partial charge in [0.15, 0.2) is 0 Å². The summed E-state index contributed by atoms with van der Waals surface area (Å²) in [5.74, 6) is 0.284. The highest BCUT2D eigenvalue weighted by Gasteiger charge is 2.28. The van der Waals surface area contributed by atoms with E-state index < -0.39 is 0 Å². The highest BCUT2D eigenvalue weighted by molar-refractivity contribution is 5.92. The summed E-state index contributed by atoms with van der Waals surface area (Å²) in [7, 11) is 0. The van der Waals surface area contributed by atoms with Gasteiger partial charge in [-0.15, -0.1) is 12.4 Å². The van der Waals surface area contributed by atoms with Crippen LogP contribution in [0, 0.1) is 6.92 Å². The summed E-state index contributed by atoms with van der Waals surface area (Å²) in [5, 5.41) is 7.44. The van der Waals surface area contributed by atoms with Gasteiger partial charge in [-0.3, -0.25) is 4.79 Å². The quantitative estimate of drug-likeness (QED) is 0.880. The first-order chi connectivity index (χ1) is 11.7. The number of hydrogen-bond donors (Lipinski definition) is 1. The van der Waals surface area contributed by atoms with Gasteiger partial charge in [-0.05, 0) is 39.3 Å². The molecule has 0 radical (unpaired) electrons. The highest BCUT2D eigenvalue weighted by atomic mass is 35.5. The molecule has 1 aromatic carbocycles. The number of carbonyl (C=O) groups is 1. The topological polar surface area (TPSA) is 58.4 Å². The average Bonchev–Trinajstić information content (AvgIpc) is 3.10. The summed E-state index contributed by atoms with van der Waals surface area (Å²) in [6, 6.07) is 10.1. The van der Waals surface area contributed by atoms with Crippen molar-refractivity contribution in [3.05, 3.63) is 41.7 Å². The number of aryl methyl sites for hydroxylation is 1. The standard InChI is InChI=1S/C19H25N3O2.ClH/c1-3-12-22(16-8-10-20-11-9-16)19(23)18-13-17(21-24-18)15-6-4-14(2)5-7-15;/h4-7,13,16,20H,3,8-12H2,1-2H3;1H. The van der Waals surface area contributed by atoms with Gasteiger partial charge >= 0.3 is 0 Å². The van der Waals surface area contributed by atoms with Crippen LogP contribution in [0.2, 0.25) is 0 Å². The second kappa shape index (κ2) is 9.02. The molecule has 0 bridgehead atoms. The third kappa shape index (κ3) is 4.61. The predicted molar refractivity (Wildman–Crippen MR) is 101 cm³/mol. The molecule has 0 spiro atoms. The molecular weight excluding hydrogens is 338 g/mol. The van der Waals surface area contributed by atoms with Gasteiger partial charge in [0.05, 0.1) is 0 Å². The zero-order valence-electron chi connectivity index (χ0n) is 14.8. The van der Waals surface area contributed by atoms with Gasteiger partial charge in [-0.25, -0.2) is 0 Å². The maximum absolute atomic E-state index is 12.9. The molecule has 0 aliphatic carbocycles. The molecule has 1 aliphatic heterocycles. The van der Waals surface area contributed by atoms with Crippen LogP contribution in [0.15, 0.2) is 34.9 Å². The minimum absolute atomic E-state index is 0. The molecule has 0 unspecified atom stereocenters. The van der Waals surface area contributed by atoms with E-state index in [1.807, 2.05) is 36.1 Å². The zero-order chi connectivity index (χ0) is 16.9. The lowest BCUT2D eigenvalue weighted by Gasteiger charge is -2.33. The number of nitrogens with zero attached hydrogens (tertiary/aromatic N) is 2. The van der Waals surface area contributed by atoms with Crippen LogP contribution < -0.4 is 5.32 Å². The third-order valence-corrected chi connectivity index (χ3v) is 4.54. The largest absolute Gasteiger partial charge is 0.350 e. The molecule has 0 saturated carbocycles. The lowest BCUT2D eigenvalue weighted by Crippen LogP contribution is -2.46. The van der Waals surface area contributed by atoms with Gasteiger partial charge in [0.2, 0.25) is 5.76 Å². The Labute approximate surface area is 155 Å². The Morgan fingerprint density at radius 3 is 2.60 bits per heavy atom. The van der Waals surface area contributed by atoms with Gasteiger partial charge in [0.1, 0.15) is 5.69 Å². The van der Waals surface area contributed by atoms with Crippen molar-refractivity contribution in [3.63, 3.8) is 0 Å². The van der Waals surface area contributed by atoms with E-state index in [-0.39, 0.29) is 24.4 Å². The molecule has 1 aliphatic rings. The fourth-order valence-electron chi connectivity index (χ4n) is 3.19. The van der Waals surface area contributed by atoms with Crippen LogP contribution in [0.1, 0.15) is 42.3 Å². The lowest BCUT2D eigenvalue weighted by molar-refractivity contribution is 0.0600. The molecule has 1 fully saturated rings. The normalized spacial score (nSPS) is 14.8. The molecule has 3 rings (SSSR count). The predicted octanol–water partition coefficient (Wildman–Crippen LogP) is 3.68. The average molecular weight is 364 g/mol. The Kier molecular flexibility index (Phi) is 7.02. The Bertz CT molecular complexity index is 678. The molecule has 1 aromatic heterocycles. The number of halogens is 1. The molecule has 6 heteroatoms. The Balaban J connectivity index is 0.00000225. The minimum Gasteiger partial charge on any atom is -0.350 e. The molecule has 25 heavy (non-hydrogen) atoms. The third-order valence-electron chi connectivity index (χ3n) is 4.54. The fraction of sp³-hybridized carbons (Fsp3) is 0.474. The van der Waals surface area contributed by atoms with Crippen LogP contribution in [0.3, 0.4) is 0 Å². The second-order valence-electron chi connectivity index (χ2n) is 6.42. The van der Waals surface area contributed by atoms with Crippen molar-refractivity contribution in [3.8, 4) is 11.3 Å². The van der Waals surface area contributed by atoms with E-state index >= 15 is 0 Å². The Hall–Kier alpha value is -1.85. The Morgan fingerprint density at radius 1 is 1.28 bits per heavy atom. The summed E-state index contributed by atoms with van der Waals surface area (Å²) < 4.78 is 5.37. The number of carbonyl (C=O) groups excluding carboxylic acids is 1. The van der Waals surface area contributed by atoms with E-state index in [2.05, 4.69) is 17.4 Å². The molecule has 0 atom stereocenters. The molecule has 136 valence electrons. The Morgan fingerprint density at radius 2 is 1.96 bits per heavy atom. The van der Waals surface area contributed by atoms with Crippen LogP contribution in [0.5, 0.6) is 0 Å². The number of rotatable bonds is 5. The van der Waals surface area contributed by atoms with Crippen molar-refractivity contribution in [2.24, 2.45) is 0 Å². The van der Waals surface area contributed by atoms with Crippen LogP contribution in [0.25, 0.3) is 11.3 Å². The van der Waals surface area contributed by atoms with Crippen LogP contribution in [-0.4, -0.2) is 41.6 Å². The van der Waals surface area contributed by atoms with Crippen molar-refractivity contribution in [1.29, 1.82) is 0 Å². The van der Waals surface area contributed by atoms with E-state index in [1.165, 1.54) is 5.56 Å². The molecular formula is C19H26ClN3O2. The van der Waals surface area contributed by atoms with Crippen LogP contribution in [0.4, 0.5) is 0 Å². The van der Waals surface area contributed by atoms with Crippen molar-refractivity contribution in [2.75, 3.05) is 19.6 Å². The summed E-state index contributed by atoms with van der Waals surface area (Å²) in [6.45, 7) is 6.82. The van der Waals surface area contributed by atoms with Crippen molar-refractivity contribution >= 4 is 18.3 Å². The van der Waals surface area contributed by atoms with Gasteiger partial charge in [0, 0.05) is 24.2 Å². The first kappa shape index (κ1) is 19.5. The minimum atomic E-state index is -0.0467. The van der Waals surface area contributed by atoms with E-state index in [4.69, 9.17) is 4.52 Å². The number of aromatic nitrogens is 1. The summed E-state index contributed by atoms with van der Waals surface area (Å²) >= 11 is 0. The van der Waals surface area contributed by atoms with E-state index in [1.54, 1.807) is 6.07 Å². The number of nitrogens with one attached hydrogen (secondary N) is 1. The second-order valence-corrected chi connectivity index (χ2v) is 6.42. The van der Waals surface area contributed by atoms with Crippen molar-refractivity contribution < 1.29 is 9.32 Å². The molecule has 5 nitrogen and oxygen atoms in total. The first-order valence-electron chi connectivity index (χ1n) is 8.74. The maximum Gasteiger partial charge on any atom is 0.292 e. The fourth-order valence-corrected chi connectivity index (χ4v) is 3.19. The van der Waals surface area contributed by atoms with E-state index in [0.29, 0.717) is 11.5 Å². The summed E-state index contributed by atoms with van der Waals surface area (Å²) in [6.07, 6.45) is 2.92. The first-order valence-corrected chi connectivity index (χ1v) is 8.74. The highest BCUT2D eigenvalue weighted by Crippen LogP contribution is 2.22. The van der Waals surface area contributed by atoms with Gasteiger partial charge < -0.3 is 14.7 Å². The monoisotopic (exact) mass is 363 g/mol. The van der Waals surface area contributed by atoms with E-state index in [0.717, 1.165) is 44.5 Å². The lowest BCUT2D eigenvalue weighted by atomic mass is 10.0. The summed E-state index contributed by atoms with van der Waals surface area (Å²) in [5.41, 5.74) is 2.87. The number of benzene rings is 1. The zero-order valence-corrected chi connectivity index (χ0v) is 15.6. The molecule has 2 aromatic rings. The van der Waals surface area contributed by atoms with Crippen molar-refractivity contribution in [1.82, 2.24) is 15.4 Å². The van der Waals surface area contributed by atoms with E-state index in [9.17, 15) is 4.79 Å². The van der Waals surface area contributed by atoms with Gasteiger partial charge in [0.25, 0.3) is 5.91 Å². The number of piperidine rings is 1. The molecule has 1 N–H and O–H groups in total. The van der Waals surface area contributed by atoms with Gasteiger partial charge in [-0.1, -0.05) is 41.9 Å². The maximum atomic E-state index is 12.9. The van der Waals surface area contributed by atoms with Gasteiger partial charge in [-0.2, -0.15) is 0 Å². The SMILES string of the molecule is CCCN(C(=O)c1cc(-c2ccc(C)cc2)no1)C1CCNCC1.Cl. The molecule has 2 heterocycles. The molecule has 1 amide bonds. The number of amides is 1. The number of hydrogen-bond acceptors (Lipinski definition) is 4. The molecule has 1 saturated heterocycles. The smallest absolute Gasteiger partial charge is 0.292 e. The van der Waals surface area contributed by atoms with Crippen molar-refractivity contribution in [2.45, 2.75) is 39.2 Å².